The average molecular weight is 141 g/mol. The third-order valence-electron chi connectivity index (χ3n) is 1.88. The Morgan fingerprint density at radius 2 is 2.50 bits per heavy atom. The summed E-state index contributed by atoms with van der Waals surface area (Å²) in [5.74, 6) is 0.628. The van der Waals surface area contributed by atoms with Crippen molar-refractivity contribution in [2.24, 2.45) is 5.92 Å². The molecule has 0 radical (unpaired) electrons. The Morgan fingerprint density at radius 1 is 1.80 bits per heavy atom. The van der Waals surface area contributed by atoms with Crippen LogP contribution in [0.1, 0.15) is 26.2 Å². The van der Waals surface area contributed by atoms with E-state index in [2.05, 4.69) is 6.92 Å². The fourth-order valence-electron chi connectivity index (χ4n) is 1.12. The molecule has 0 N–H and O–H groups in total. The third kappa shape index (κ3) is 1.56. The monoisotopic (exact) mass is 141 g/mol. The van der Waals surface area contributed by atoms with Gasteiger partial charge in [-0.15, -0.1) is 0 Å². The molecule has 3 nitrogen and oxygen atoms in total. The van der Waals surface area contributed by atoms with E-state index < -0.39 is 0 Å². The van der Waals surface area contributed by atoms with Gasteiger partial charge >= 0.3 is 0 Å². The number of rotatable bonds is 1. The molecule has 56 valence electrons. The number of nitrogens with zero attached hydrogens (tertiary/aromatic N) is 1. The van der Waals surface area contributed by atoms with Gasteiger partial charge in [-0.05, 0) is 24.8 Å². The first-order valence-corrected chi connectivity index (χ1v) is 3.53. The zero-order chi connectivity index (χ0) is 7.56. The molecule has 0 amide bonds. The van der Waals surface area contributed by atoms with E-state index in [0.29, 0.717) is 18.0 Å². The van der Waals surface area contributed by atoms with E-state index in [9.17, 15) is 10.1 Å². The number of allylic oxidation sites excluding steroid dienone is 2. The fourth-order valence-corrected chi connectivity index (χ4v) is 1.12. The Morgan fingerprint density at radius 3 is 2.90 bits per heavy atom. The molecule has 1 aliphatic carbocycles. The Kier molecular flexibility index (Phi) is 2.04. The molecule has 0 aliphatic heterocycles. The van der Waals surface area contributed by atoms with Crippen LogP contribution < -0.4 is 0 Å². The highest BCUT2D eigenvalue weighted by Crippen LogP contribution is 2.22. The van der Waals surface area contributed by atoms with Crippen LogP contribution in [0.5, 0.6) is 0 Å². The van der Waals surface area contributed by atoms with Gasteiger partial charge in [0.2, 0.25) is 5.70 Å². The van der Waals surface area contributed by atoms with Gasteiger partial charge in [0.15, 0.2) is 0 Å². The molecule has 1 unspecified atom stereocenters. The Hall–Kier alpha value is -0.860. The second-order valence-corrected chi connectivity index (χ2v) is 2.83. The molecule has 0 bridgehead atoms. The largest absolute Gasteiger partial charge is 0.259 e. The Balaban J connectivity index is 2.56. The number of hydrogen-bond donors (Lipinski definition) is 0. The topological polar surface area (TPSA) is 43.1 Å². The van der Waals surface area contributed by atoms with E-state index in [0.717, 1.165) is 12.8 Å². The summed E-state index contributed by atoms with van der Waals surface area (Å²) in [6.07, 6.45) is 4.23. The van der Waals surface area contributed by atoms with Crippen molar-refractivity contribution in [2.45, 2.75) is 26.2 Å². The molecular weight excluding hydrogens is 130 g/mol. The van der Waals surface area contributed by atoms with Gasteiger partial charge in [-0.1, -0.05) is 6.92 Å². The van der Waals surface area contributed by atoms with Crippen LogP contribution in [-0.2, 0) is 0 Å². The van der Waals surface area contributed by atoms with Crippen molar-refractivity contribution in [1.29, 1.82) is 0 Å². The average Bonchev–Trinajstić information content (AvgIpc) is 1.88. The lowest BCUT2D eigenvalue weighted by Gasteiger charge is -2.11. The van der Waals surface area contributed by atoms with E-state index in [1.54, 1.807) is 6.08 Å². The summed E-state index contributed by atoms with van der Waals surface area (Å²) in [5, 5.41) is 10.2. The van der Waals surface area contributed by atoms with Crippen LogP contribution in [0, 0.1) is 16.0 Å². The summed E-state index contributed by atoms with van der Waals surface area (Å²) in [6, 6.07) is 0. The summed E-state index contributed by atoms with van der Waals surface area (Å²) in [5.41, 5.74) is 0.401. The maximum absolute atomic E-state index is 10.2. The van der Waals surface area contributed by atoms with E-state index >= 15 is 0 Å². The molecule has 0 spiro atoms. The lowest BCUT2D eigenvalue weighted by atomic mass is 9.95. The molecule has 10 heavy (non-hydrogen) atoms. The van der Waals surface area contributed by atoms with Crippen molar-refractivity contribution in [1.82, 2.24) is 0 Å². The summed E-state index contributed by atoms with van der Waals surface area (Å²) >= 11 is 0. The minimum Gasteiger partial charge on any atom is -0.259 e. The molecule has 0 aromatic heterocycles. The van der Waals surface area contributed by atoms with E-state index in [1.165, 1.54) is 0 Å². The van der Waals surface area contributed by atoms with Crippen molar-refractivity contribution < 1.29 is 4.92 Å². The fraction of sp³-hybridized carbons (Fsp3) is 0.714. The van der Waals surface area contributed by atoms with Crippen LogP contribution in [0.25, 0.3) is 0 Å². The van der Waals surface area contributed by atoms with Crippen molar-refractivity contribution in [3.8, 4) is 0 Å². The van der Waals surface area contributed by atoms with Crippen molar-refractivity contribution in [3.63, 3.8) is 0 Å². The van der Waals surface area contributed by atoms with Crippen LogP contribution in [0.2, 0.25) is 0 Å². The zero-order valence-corrected chi connectivity index (χ0v) is 6.04. The first-order valence-electron chi connectivity index (χ1n) is 3.53. The molecule has 1 atom stereocenters. The van der Waals surface area contributed by atoms with Crippen LogP contribution >= 0.6 is 0 Å². The molecular formula is C7H11NO2. The third-order valence-corrected chi connectivity index (χ3v) is 1.88. The molecule has 1 rings (SSSR count). The highest BCUT2D eigenvalue weighted by Gasteiger charge is 2.17. The lowest BCUT2D eigenvalue weighted by Crippen LogP contribution is -2.07. The molecule has 0 aromatic rings. The molecule has 3 heteroatoms. The quantitative estimate of drug-likeness (QED) is 0.414. The van der Waals surface area contributed by atoms with Crippen LogP contribution in [-0.4, -0.2) is 4.92 Å². The number of hydrogen-bond acceptors (Lipinski definition) is 2. The normalized spacial score (nSPS) is 25.7. The molecule has 0 aromatic carbocycles. The minimum absolute atomic E-state index is 0.272. The smallest absolute Gasteiger partial charge is 0.242 e. The van der Waals surface area contributed by atoms with Gasteiger partial charge in [0.05, 0.1) is 4.92 Å². The minimum atomic E-state index is -0.272. The summed E-state index contributed by atoms with van der Waals surface area (Å²) < 4.78 is 0. The van der Waals surface area contributed by atoms with Crippen LogP contribution in [0.4, 0.5) is 0 Å². The van der Waals surface area contributed by atoms with E-state index in [-0.39, 0.29) is 4.92 Å². The van der Waals surface area contributed by atoms with Crippen molar-refractivity contribution in [2.75, 3.05) is 0 Å². The van der Waals surface area contributed by atoms with Gasteiger partial charge in [-0.3, -0.25) is 10.1 Å². The van der Waals surface area contributed by atoms with Crippen molar-refractivity contribution in [3.05, 3.63) is 21.9 Å². The predicted molar refractivity (Wildman–Crippen MR) is 38.1 cm³/mol. The van der Waals surface area contributed by atoms with Gasteiger partial charge in [0.1, 0.15) is 0 Å². The highest BCUT2D eigenvalue weighted by molar-refractivity contribution is 4.96. The van der Waals surface area contributed by atoms with Gasteiger partial charge in [-0.25, -0.2) is 0 Å². The second-order valence-electron chi connectivity index (χ2n) is 2.83. The molecule has 0 saturated carbocycles. The standard InChI is InChI=1S/C7H11NO2/c1-6-2-4-7(5-3-6)8(9)10/h4,6H,2-3,5H2,1H3. The van der Waals surface area contributed by atoms with E-state index in [1.807, 2.05) is 0 Å². The molecule has 0 saturated heterocycles. The summed E-state index contributed by atoms with van der Waals surface area (Å²) in [4.78, 5) is 9.93. The zero-order valence-electron chi connectivity index (χ0n) is 6.04. The molecule has 1 aliphatic rings. The van der Waals surface area contributed by atoms with Gasteiger partial charge in [-0.2, -0.15) is 0 Å². The Labute approximate surface area is 59.9 Å². The highest BCUT2D eigenvalue weighted by atomic mass is 16.6. The van der Waals surface area contributed by atoms with Gasteiger partial charge < -0.3 is 0 Å². The maximum Gasteiger partial charge on any atom is 0.242 e. The van der Waals surface area contributed by atoms with Crippen molar-refractivity contribution >= 4 is 0 Å². The predicted octanol–water partition coefficient (Wildman–Crippen LogP) is 1.97. The molecule has 0 heterocycles. The Bertz CT molecular complexity index is 174. The molecule has 0 fully saturated rings. The first-order chi connectivity index (χ1) is 4.70. The lowest BCUT2D eigenvalue weighted by molar-refractivity contribution is -0.429. The van der Waals surface area contributed by atoms with Gasteiger partial charge in [0, 0.05) is 6.42 Å². The second kappa shape index (κ2) is 2.82. The summed E-state index contributed by atoms with van der Waals surface area (Å²) in [6.45, 7) is 2.12. The SMILES string of the molecule is CC1CC=C([N+](=O)[O-])CC1. The number of nitro groups is 1. The van der Waals surface area contributed by atoms with Crippen LogP contribution in [0.3, 0.4) is 0 Å². The summed E-state index contributed by atoms with van der Waals surface area (Å²) in [7, 11) is 0. The van der Waals surface area contributed by atoms with E-state index in [4.69, 9.17) is 0 Å². The maximum atomic E-state index is 10.2. The van der Waals surface area contributed by atoms with Gasteiger partial charge in [0.25, 0.3) is 0 Å². The first kappa shape index (κ1) is 7.25. The van der Waals surface area contributed by atoms with Crippen LogP contribution in [0.15, 0.2) is 11.8 Å².